The van der Waals surface area contributed by atoms with Crippen molar-refractivity contribution in [3.8, 4) is 74.8 Å². The van der Waals surface area contributed by atoms with Crippen LogP contribution >= 0.6 is 31.9 Å². The maximum absolute atomic E-state index is 14.3. The summed E-state index contributed by atoms with van der Waals surface area (Å²) in [7, 11) is 0. The van der Waals surface area contributed by atoms with Crippen LogP contribution in [0.3, 0.4) is 0 Å². The minimum atomic E-state index is -0.342. The molecule has 6 aromatic heterocycles. The van der Waals surface area contributed by atoms with E-state index in [9.17, 15) is 9.50 Å². The van der Waals surface area contributed by atoms with Crippen molar-refractivity contribution in [1.82, 2.24) is 29.1 Å². The van der Waals surface area contributed by atoms with Crippen molar-refractivity contribution >= 4 is 104 Å². The summed E-state index contributed by atoms with van der Waals surface area (Å²) < 4.78 is 50.4. The minimum absolute atomic E-state index is 0. The summed E-state index contributed by atoms with van der Waals surface area (Å²) in [5.74, 6) is 6.60. The molecule has 0 unspecified atom stereocenters. The Morgan fingerprint density at radius 1 is 0.465 bits per heavy atom. The molecule has 1 N–H and O–H groups in total. The van der Waals surface area contributed by atoms with Crippen LogP contribution in [-0.4, -0.2) is 40.6 Å². The van der Waals surface area contributed by atoms with Gasteiger partial charge in [-0.05, 0) is 224 Å². The molecular formula is C81H63Br2FK2N6O9. The first-order valence-electron chi connectivity index (χ1n) is 31.5. The van der Waals surface area contributed by atoms with Gasteiger partial charge in [0.15, 0.2) is 11.2 Å². The predicted molar refractivity (Wildman–Crippen MR) is 392 cm³/mol. The number of pyridine rings is 2. The average Bonchev–Trinajstić information content (AvgIpc) is 1.56. The second-order valence-corrected chi connectivity index (χ2v) is 26.6. The number of fused-ring (bicyclic) bond motifs is 8. The van der Waals surface area contributed by atoms with Gasteiger partial charge in [-0.2, -0.15) is 0 Å². The summed E-state index contributed by atoms with van der Waals surface area (Å²) in [6, 6.07) is 78.1. The van der Waals surface area contributed by atoms with Crippen LogP contribution in [0.25, 0.3) is 100 Å². The molecule has 101 heavy (non-hydrogen) atoms. The molecule has 15 nitrogen and oxygen atoms in total. The van der Waals surface area contributed by atoms with Gasteiger partial charge in [0, 0.05) is 45.1 Å². The van der Waals surface area contributed by atoms with E-state index in [1.807, 2.05) is 191 Å². The van der Waals surface area contributed by atoms with E-state index in [4.69, 9.17) is 33.1 Å². The van der Waals surface area contributed by atoms with Gasteiger partial charge in [-0.1, -0.05) is 114 Å². The van der Waals surface area contributed by atoms with Crippen LogP contribution in [0.1, 0.15) is 54.1 Å². The second-order valence-electron chi connectivity index (χ2n) is 25.0. The van der Waals surface area contributed by atoms with E-state index in [0.717, 1.165) is 110 Å². The van der Waals surface area contributed by atoms with Crippen LogP contribution in [0.4, 0.5) is 4.39 Å². The second kappa shape index (κ2) is 32.4. The number of nitrogens with zero attached hydrogens (tertiary/aromatic N) is 6. The number of hydrogen-bond donors (Lipinski definition) is 1. The number of aromatic hydroxyl groups is 1. The quantitative estimate of drug-likeness (QED) is 0.0559. The zero-order valence-electron chi connectivity index (χ0n) is 57.4. The number of para-hydroxylation sites is 6. The molecule has 0 saturated heterocycles. The monoisotopic (exact) mass is 1520 g/mol. The third-order valence-corrected chi connectivity index (χ3v) is 17.9. The fraction of sp³-hybridized carbons (Fsp3) is 0.0988. The fourth-order valence-corrected chi connectivity index (χ4v) is 12.1. The molecule has 0 aliphatic rings. The van der Waals surface area contributed by atoms with Gasteiger partial charge in [-0.3, -0.25) is 13.9 Å². The molecule has 0 aliphatic carbocycles. The van der Waals surface area contributed by atoms with Crippen molar-refractivity contribution in [2.24, 2.45) is 0 Å². The van der Waals surface area contributed by atoms with Crippen LogP contribution in [0.15, 0.2) is 273 Å². The number of oxazole rings is 2. The molecule has 0 atom stereocenters. The van der Waals surface area contributed by atoms with E-state index < -0.39 is 0 Å². The Morgan fingerprint density at radius 2 is 0.851 bits per heavy atom. The molecule has 0 spiro atoms. The fourth-order valence-electron chi connectivity index (χ4n) is 11.4. The molecule has 16 rings (SSSR count). The first kappa shape index (κ1) is 74.0. The largest absolute Gasteiger partial charge is 1.00 e. The normalized spacial score (nSPS) is 11.2. The zero-order chi connectivity index (χ0) is 69.0. The van der Waals surface area contributed by atoms with E-state index in [-0.39, 0.29) is 133 Å². The van der Waals surface area contributed by atoms with Crippen molar-refractivity contribution < 1.29 is 152 Å². The van der Waals surface area contributed by atoms with E-state index >= 15 is 0 Å². The Kier molecular flexibility index (Phi) is 23.8. The van der Waals surface area contributed by atoms with E-state index in [0.29, 0.717) is 45.0 Å². The van der Waals surface area contributed by atoms with Crippen LogP contribution in [0.2, 0.25) is 0 Å². The van der Waals surface area contributed by atoms with Crippen molar-refractivity contribution in [3.63, 3.8) is 0 Å². The van der Waals surface area contributed by atoms with Gasteiger partial charge in [-0.25, -0.2) is 24.3 Å². The minimum Gasteiger partial charge on any atom is -1.00 e. The van der Waals surface area contributed by atoms with Gasteiger partial charge in [-0.15, -0.1) is 0 Å². The summed E-state index contributed by atoms with van der Waals surface area (Å²) in [4.78, 5) is 29.4. The Morgan fingerprint density at radius 3 is 1.30 bits per heavy atom. The summed E-state index contributed by atoms with van der Waals surface area (Å²) in [5, 5.41) is 22.5. The maximum Gasteiger partial charge on any atom is 1.00 e. The number of phenolic OH excluding ortho intramolecular Hbond substituents is 1. The Bertz CT molecular complexity index is 5530. The van der Waals surface area contributed by atoms with Crippen molar-refractivity contribution in [2.45, 2.75) is 52.4 Å². The number of halogens is 3. The predicted octanol–water partition coefficient (Wildman–Crippen LogP) is 15.6. The van der Waals surface area contributed by atoms with Crippen molar-refractivity contribution in [2.75, 3.05) is 0 Å². The molecule has 16 aromatic rings. The van der Waals surface area contributed by atoms with Crippen LogP contribution in [0.5, 0.6) is 40.2 Å². The molecule has 0 radical (unpaired) electrons. The number of benzene rings is 10. The van der Waals surface area contributed by atoms with Crippen LogP contribution in [0, 0.1) is 5.82 Å². The number of aromatic nitrogens is 6. The van der Waals surface area contributed by atoms with E-state index in [2.05, 4.69) is 147 Å². The van der Waals surface area contributed by atoms with Gasteiger partial charge in [0.1, 0.15) is 73.2 Å². The SMILES string of the molecule is CC(C)(C)c1cc(F)c(Br)c(Oc2ccc(-c3nc4ccccc4o3)cc2)c1.CC(C)(C)c1cc(Oc2ccc(-c3nc4ccccc4o3)cc2)c(Br)c(Oc2ccc3c(c2)c2ccccc2n3-c2ccccn2)c1.O=CO[O-].Oc1ccc2c(c1)c1ccccc1n2-c1ccccn1.[H-].[K+].[K+]. The number of ether oxygens (including phenoxy) is 3. The molecule has 0 fully saturated rings. The summed E-state index contributed by atoms with van der Waals surface area (Å²) in [6.45, 7) is 12.5. The van der Waals surface area contributed by atoms with Gasteiger partial charge in [0.25, 0.3) is 6.47 Å². The summed E-state index contributed by atoms with van der Waals surface area (Å²) in [6.07, 6.45) is 3.61. The van der Waals surface area contributed by atoms with Crippen molar-refractivity contribution in [3.05, 3.63) is 281 Å². The topological polar surface area (TPSA) is 185 Å². The molecule has 0 bridgehead atoms. The van der Waals surface area contributed by atoms with Gasteiger partial charge in [0.05, 0.1) is 26.5 Å². The van der Waals surface area contributed by atoms with Crippen LogP contribution in [-0.2, 0) is 20.5 Å². The number of hydrogen-bond acceptors (Lipinski definition) is 13. The molecule has 0 amide bonds. The number of carbonyl (C=O) groups is 1. The molecule has 0 saturated carbocycles. The van der Waals surface area contributed by atoms with E-state index in [1.165, 1.54) is 6.07 Å². The smallest absolute Gasteiger partial charge is 1.00 e. The number of rotatable bonds is 11. The van der Waals surface area contributed by atoms with E-state index in [1.54, 1.807) is 18.3 Å². The standard InChI is InChI=1S/C40H30BrN3O3.C23H19BrFNO2.C17H12N2O.CH2O3.2K.H/c1-40(2,3)26-22-35(45-27-17-15-25(16-18-27)39-43-31-11-5-7-13-34(31)47-39)38(41)36(23-26)46-28-19-20-33-30(24-28)29-10-4-6-12-32(29)44(33)37-14-8-9-21-42-37;1-23(2,3)15-12-17(25)21(24)20(13-15)27-16-10-8-14(9-11-16)22-26-18-6-4-5-7-19(18)28-22;20-12-8-9-16-14(11-12)13-5-1-2-6-15(13)19(16)17-7-3-4-10-18-17;2-1-4-3;;;/h4-24H,1-3H3;4-13H,1-3H3;1-11,20H;1,3H;;;/q;;;;2*+1;-1/p-1. The molecule has 494 valence electrons. The average molecular weight is 1520 g/mol. The zero-order valence-corrected chi connectivity index (χ0v) is 65.8. The number of phenols is 1. The Labute approximate surface area is 684 Å². The third-order valence-electron chi connectivity index (χ3n) is 16.3. The van der Waals surface area contributed by atoms with Gasteiger partial charge >= 0.3 is 103 Å². The Balaban J connectivity index is 0.000000173. The number of carbonyl (C=O) groups excluding carboxylic acids is 1. The van der Waals surface area contributed by atoms with Crippen LogP contribution < -0.4 is 122 Å². The molecule has 6 heterocycles. The first-order chi connectivity index (χ1) is 47.9. The summed E-state index contributed by atoms with van der Waals surface area (Å²) in [5.41, 5.74) is 10.8. The molecule has 20 heteroatoms. The van der Waals surface area contributed by atoms with Gasteiger partial charge < -0.3 is 39.7 Å². The molecular weight excluding hydrogens is 1460 g/mol. The Hall–Kier alpha value is -8.17. The van der Waals surface area contributed by atoms with Crippen molar-refractivity contribution in [1.29, 1.82) is 0 Å². The third kappa shape index (κ3) is 16.7. The molecule has 0 aliphatic heterocycles. The first-order valence-corrected chi connectivity index (χ1v) is 33.1. The molecule has 10 aromatic carbocycles. The summed E-state index contributed by atoms with van der Waals surface area (Å²) >= 11 is 7.09. The van der Waals surface area contributed by atoms with Gasteiger partial charge in [0.2, 0.25) is 11.8 Å². The maximum atomic E-state index is 14.3.